The molecular weight excluding hydrogens is 294 g/mol. The highest BCUT2D eigenvalue weighted by Gasteiger charge is 2.09. The molecule has 2 aromatic carbocycles. The van der Waals surface area contributed by atoms with E-state index in [1.54, 1.807) is 24.3 Å². The Morgan fingerprint density at radius 1 is 1.04 bits per heavy atom. The lowest BCUT2D eigenvalue weighted by atomic mass is 10.1. The van der Waals surface area contributed by atoms with Crippen molar-refractivity contribution in [1.29, 1.82) is 0 Å². The van der Waals surface area contributed by atoms with Gasteiger partial charge in [0.05, 0.1) is 0 Å². The fourth-order valence-corrected chi connectivity index (χ4v) is 1.84. The first-order chi connectivity index (χ1) is 11.0. The summed E-state index contributed by atoms with van der Waals surface area (Å²) < 4.78 is 5.42. The molecule has 0 saturated heterocycles. The number of carbonyl (C=O) groups excluding carboxylic acids is 2. The monoisotopic (exact) mass is 313 g/mol. The molecule has 0 unspecified atom stereocenters. The maximum atomic E-state index is 11.8. The first kappa shape index (κ1) is 16.4. The van der Waals surface area contributed by atoms with Gasteiger partial charge in [-0.15, -0.1) is 0 Å². The molecule has 0 fully saturated rings. The van der Waals surface area contributed by atoms with Crippen molar-refractivity contribution in [2.75, 3.05) is 12.5 Å². The number of nitrogens with one attached hydrogen (secondary N) is 2. The first-order valence-electron chi connectivity index (χ1n) is 7.10. The minimum Gasteiger partial charge on any atom is -0.473 e. The van der Waals surface area contributed by atoms with Crippen molar-refractivity contribution in [3.8, 4) is 5.75 Å². The molecule has 0 aliphatic carbocycles. The van der Waals surface area contributed by atoms with Crippen molar-refractivity contribution in [2.45, 2.75) is 13.8 Å². The van der Waals surface area contributed by atoms with Crippen LogP contribution in [0.1, 0.15) is 21.5 Å². The van der Waals surface area contributed by atoms with E-state index in [0.29, 0.717) is 17.0 Å². The number of benzene rings is 2. The highest BCUT2D eigenvalue weighted by Crippen LogP contribution is 2.15. The molecule has 0 saturated carbocycles. The Hall–Kier alpha value is -3.02. The van der Waals surface area contributed by atoms with E-state index in [1.165, 1.54) is 0 Å². The van der Waals surface area contributed by atoms with Crippen molar-refractivity contribution in [2.24, 2.45) is 0 Å². The standard InChI is InChI=1S/C17H19N3O3/c1-11-3-8-15(9-12(11)2)23-10-19-17(22)20-16(21)13-4-6-14(18)7-5-13/h3-9H,10,18H2,1-2H3,(H2,19,20,21,22). The smallest absolute Gasteiger partial charge is 0.324 e. The van der Waals surface area contributed by atoms with Crippen LogP contribution in [-0.2, 0) is 0 Å². The van der Waals surface area contributed by atoms with Gasteiger partial charge in [-0.05, 0) is 61.4 Å². The van der Waals surface area contributed by atoms with Crippen LogP contribution in [0.25, 0.3) is 0 Å². The van der Waals surface area contributed by atoms with E-state index in [9.17, 15) is 9.59 Å². The summed E-state index contributed by atoms with van der Waals surface area (Å²) in [5.41, 5.74) is 8.71. The highest BCUT2D eigenvalue weighted by molar-refractivity contribution is 6.04. The number of carbonyl (C=O) groups is 2. The Morgan fingerprint density at radius 2 is 1.74 bits per heavy atom. The maximum Gasteiger partial charge on any atom is 0.324 e. The van der Waals surface area contributed by atoms with E-state index >= 15 is 0 Å². The van der Waals surface area contributed by atoms with Gasteiger partial charge in [0.15, 0.2) is 6.73 Å². The van der Waals surface area contributed by atoms with E-state index in [0.717, 1.165) is 11.1 Å². The Labute approximate surface area is 134 Å². The molecule has 2 rings (SSSR count). The second kappa shape index (κ2) is 7.31. The van der Waals surface area contributed by atoms with Crippen molar-refractivity contribution in [3.63, 3.8) is 0 Å². The molecular formula is C17H19N3O3. The van der Waals surface area contributed by atoms with Crippen LogP contribution in [0.2, 0.25) is 0 Å². The van der Waals surface area contributed by atoms with Crippen molar-refractivity contribution in [3.05, 3.63) is 59.2 Å². The number of nitrogen functional groups attached to an aromatic ring is 1. The predicted octanol–water partition coefficient (Wildman–Crippen LogP) is 2.36. The number of hydrogen-bond donors (Lipinski definition) is 3. The van der Waals surface area contributed by atoms with Crippen LogP contribution in [0.4, 0.5) is 10.5 Å². The number of anilines is 1. The number of imide groups is 1. The summed E-state index contributed by atoms with van der Waals surface area (Å²) in [6.45, 7) is 3.95. The number of nitrogens with two attached hydrogens (primary N) is 1. The van der Waals surface area contributed by atoms with Crippen LogP contribution in [0, 0.1) is 13.8 Å². The van der Waals surface area contributed by atoms with Crippen LogP contribution in [0.15, 0.2) is 42.5 Å². The molecule has 23 heavy (non-hydrogen) atoms. The van der Waals surface area contributed by atoms with Crippen LogP contribution in [0.5, 0.6) is 5.75 Å². The summed E-state index contributed by atoms with van der Waals surface area (Å²) in [4.78, 5) is 23.5. The zero-order valence-electron chi connectivity index (χ0n) is 13.1. The van der Waals surface area contributed by atoms with E-state index in [-0.39, 0.29) is 6.73 Å². The zero-order chi connectivity index (χ0) is 16.8. The van der Waals surface area contributed by atoms with Gasteiger partial charge < -0.3 is 15.8 Å². The van der Waals surface area contributed by atoms with Crippen LogP contribution in [0.3, 0.4) is 0 Å². The van der Waals surface area contributed by atoms with Crippen LogP contribution >= 0.6 is 0 Å². The summed E-state index contributed by atoms with van der Waals surface area (Å²) >= 11 is 0. The van der Waals surface area contributed by atoms with E-state index < -0.39 is 11.9 Å². The van der Waals surface area contributed by atoms with Crippen molar-refractivity contribution >= 4 is 17.6 Å². The zero-order valence-corrected chi connectivity index (χ0v) is 13.1. The molecule has 0 atom stereocenters. The lowest BCUT2D eigenvalue weighted by molar-refractivity contribution is 0.0962. The summed E-state index contributed by atoms with van der Waals surface area (Å²) in [6.07, 6.45) is 0. The topological polar surface area (TPSA) is 93.5 Å². The number of ether oxygens (including phenoxy) is 1. The quantitative estimate of drug-likeness (QED) is 0.596. The summed E-state index contributed by atoms with van der Waals surface area (Å²) in [5.74, 6) is 0.145. The molecule has 0 heterocycles. The number of amides is 3. The van der Waals surface area contributed by atoms with Gasteiger partial charge in [-0.3, -0.25) is 10.1 Å². The van der Waals surface area contributed by atoms with E-state index in [4.69, 9.17) is 10.5 Å². The largest absolute Gasteiger partial charge is 0.473 e. The van der Waals surface area contributed by atoms with Crippen molar-refractivity contribution < 1.29 is 14.3 Å². The fraction of sp³-hybridized carbons (Fsp3) is 0.176. The van der Waals surface area contributed by atoms with Gasteiger partial charge in [0, 0.05) is 11.3 Å². The van der Waals surface area contributed by atoms with Gasteiger partial charge in [-0.1, -0.05) is 6.07 Å². The molecule has 120 valence electrons. The number of hydrogen-bond acceptors (Lipinski definition) is 4. The van der Waals surface area contributed by atoms with Gasteiger partial charge in [-0.2, -0.15) is 0 Å². The minimum atomic E-state index is -0.629. The molecule has 0 bridgehead atoms. The highest BCUT2D eigenvalue weighted by atomic mass is 16.5. The van der Waals surface area contributed by atoms with E-state index in [2.05, 4.69) is 10.6 Å². The third-order valence-electron chi connectivity index (χ3n) is 3.35. The summed E-state index contributed by atoms with van der Waals surface area (Å²) in [6, 6.07) is 11.3. The Balaban J connectivity index is 1.79. The molecule has 0 radical (unpaired) electrons. The number of rotatable bonds is 4. The third-order valence-corrected chi connectivity index (χ3v) is 3.35. The lowest BCUT2D eigenvalue weighted by Crippen LogP contribution is -2.41. The van der Waals surface area contributed by atoms with Crippen molar-refractivity contribution in [1.82, 2.24) is 10.6 Å². The SMILES string of the molecule is Cc1ccc(OCNC(=O)NC(=O)c2ccc(N)cc2)cc1C. The lowest BCUT2D eigenvalue weighted by Gasteiger charge is -2.10. The molecule has 0 spiro atoms. The van der Waals surface area contributed by atoms with Gasteiger partial charge in [0.2, 0.25) is 0 Å². The van der Waals surface area contributed by atoms with Gasteiger partial charge >= 0.3 is 6.03 Å². The Bertz CT molecular complexity index is 712. The molecule has 4 N–H and O–H groups in total. The van der Waals surface area contributed by atoms with Gasteiger partial charge in [0.1, 0.15) is 5.75 Å². The third kappa shape index (κ3) is 4.74. The minimum absolute atomic E-state index is 0.0383. The molecule has 6 heteroatoms. The Kier molecular flexibility index (Phi) is 5.19. The van der Waals surface area contributed by atoms with Gasteiger partial charge in [-0.25, -0.2) is 4.79 Å². The summed E-state index contributed by atoms with van der Waals surface area (Å²) in [7, 11) is 0. The molecule has 0 aliphatic rings. The molecule has 0 aromatic heterocycles. The maximum absolute atomic E-state index is 11.8. The fourth-order valence-electron chi connectivity index (χ4n) is 1.84. The summed E-state index contributed by atoms with van der Waals surface area (Å²) in [5, 5.41) is 4.67. The number of urea groups is 1. The molecule has 3 amide bonds. The first-order valence-corrected chi connectivity index (χ1v) is 7.10. The van der Waals surface area contributed by atoms with E-state index in [1.807, 2.05) is 32.0 Å². The average Bonchev–Trinajstić information content (AvgIpc) is 2.51. The second-order valence-electron chi connectivity index (χ2n) is 5.12. The number of aryl methyl sites for hydroxylation is 2. The Morgan fingerprint density at radius 3 is 2.39 bits per heavy atom. The second-order valence-corrected chi connectivity index (χ2v) is 5.12. The predicted molar refractivity (Wildman–Crippen MR) is 88.3 cm³/mol. The van der Waals surface area contributed by atoms with Crippen LogP contribution < -0.4 is 21.1 Å². The molecule has 6 nitrogen and oxygen atoms in total. The normalized spacial score (nSPS) is 10.0. The molecule has 0 aliphatic heterocycles. The molecule has 2 aromatic rings. The average molecular weight is 313 g/mol. The van der Waals surface area contributed by atoms with Crippen LogP contribution in [-0.4, -0.2) is 18.7 Å². The van der Waals surface area contributed by atoms with Gasteiger partial charge in [0.25, 0.3) is 5.91 Å².